The van der Waals surface area contributed by atoms with Crippen LogP contribution in [0.5, 0.6) is 0 Å². The number of hydrogen-bond donors (Lipinski definition) is 2. The molecule has 2 aromatic carbocycles. The largest absolute Gasteiger partial charge is 0.345 e. The lowest BCUT2D eigenvalue weighted by atomic mass is 10.1. The van der Waals surface area contributed by atoms with Crippen molar-refractivity contribution in [1.82, 2.24) is 9.80 Å². The standard InChI is InChI=1S/C23H30N4O3/c1-15-11-16(2)22(17(3)12-15)25-21(29)14-27(6)13-20(28)24-19-9-7-18(8-10-19)23(30)26(4)5/h7-12H,13-14H2,1-6H3,(H,24,28)(H,25,29). The normalized spacial score (nSPS) is 10.6. The second-order valence-electron chi connectivity index (χ2n) is 7.82. The van der Waals surface area contributed by atoms with E-state index in [1.165, 1.54) is 4.90 Å². The van der Waals surface area contributed by atoms with Crippen molar-refractivity contribution in [3.8, 4) is 0 Å². The number of hydrogen-bond acceptors (Lipinski definition) is 4. The monoisotopic (exact) mass is 410 g/mol. The van der Waals surface area contributed by atoms with Crippen molar-refractivity contribution in [3.63, 3.8) is 0 Å². The number of likely N-dealkylation sites (N-methyl/N-ethyl adjacent to an activating group) is 1. The lowest BCUT2D eigenvalue weighted by Gasteiger charge is -2.18. The molecule has 0 aliphatic heterocycles. The number of carbonyl (C=O) groups is 3. The predicted octanol–water partition coefficient (Wildman–Crippen LogP) is 2.82. The molecule has 0 saturated heterocycles. The Morgan fingerprint density at radius 2 is 1.30 bits per heavy atom. The average Bonchev–Trinajstić information content (AvgIpc) is 2.64. The summed E-state index contributed by atoms with van der Waals surface area (Å²) in [6, 6.07) is 10.8. The zero-order chi connectivity index (χ0) is 22.4. The highest BCUT2D eigenvalue weighted by atomic mass is 16.2. The molecule has 0 bridgehead atoms. The first-order valence-corrected chi connectivity index (χ1v) is 9.74. The van der Waals surface area contributed by atoms with Crippen LogP contribution in [0.2, 0.25) is 0 Å². The maximum Gasteiger partial charge on any atom is 0.253 e. The average molecular weight is 411 g/mol. The molecule has 0 unspecified atom stereocenters. The molecule has 0 saturated carbocycles. The van der Waals surface area contributed by atoms with Gasteiger partial charge in [0.05, 0.1) is 13.1 Å². The van der Waals surface area contributed by atoms with E-state index in [0.717, 1.165) is 22.4 Å². The molecular weight excluding hydrogens is 380 g/mol. The number of carbonyl (C=O) groups excluding carboxylic acids is 3. The van der Waals surface area contributed by atoms with Gasteiger partial charge < -0.3 is 15.5 Å². The Balaban J connectivity index is 1.87. The summed E-state index contributed by atoms with van der Waals surface area (Å²) in [6.45, 7) is 6.11. The molecule has 160 valence electrons. The minimum atomic E-state index is -0.236. The molecule has 0 spiro atoms. The van der Waals surface area contributed by atoms with Crippen LogP contribution in [0.4, 0.5) is 11.4 Å². The second-order valence-corrected chi connectivity index (χ2v) is 7.82. The molecule has 7 heteroatoms. The summed E-state index contributed by atoms with van der Waals surface area (Å²) in [5.41, 5.74) is 5.13. The maximum absolute atomic E-state index is 12.4. The number of benzene rings is 2. The SMILES string of the molecule is Cc1cc(C)c(NC(=O)CN(C)CC(=O)Nc2ccc(C(=O)N(C)C)cc2)c(C)c1. The van der Waals surface area contributed by atoms with Gasteiger partial charge in [-0.05, 0) is 63.2 Å². The minimum absolute atomic E-state index is 0.0671. The van der Waals surface area contributed by atoms with Gasteiger partial charge in [0.25, 0.3) is 5.91 Å². The van der Waals surface area contributed by atoms with Gasteiger partial charge in [0, 0.05) is 31.0 Å². The van der Waals surface area contributed by atoms with Gasteiger partial charge in [0.1, 0.15) is 0 Å². The highest BCUT2D eigenvalue weighted by molar-refractivity contribution is 5.97. The smallest absolute Gasteiger partial charge is 0.253 e. The van der Waals surface area contributed by atoms with Crippen LogP contribution < -0.4 is 10.6 Å². The number of aryl methyl sites for hydroxylation is 3. The summed E-state index contributed by atoms with van der Waals surface area (Å²) in [7, 11) is 5.09. The molecule has 0 aromatic heterocycles. The quantitative estimate of drug-likeness (QED) is 0.735. The van der Waals surface area contributed by atoms with E-state index >= 15 is 0 Å². The third-order valence-electron chi connectivity index (χ3n) is 4.59. The van der Waals surface area contributed by atoms with E-state index < -0.39 is 0 Å². The fourth-order valence-electron chi connectivity index (χ4n) is 3.26. The van der Waals surface area contributed by atoms with Crippen molar-refractivity contribution in [1.29, 1.82) is 0 Å². The Kier molecular flexibility index (Phi) is 7.72. The van der Waals surface area contributed by atoms with Crippen LogP contribution in [0.15, 0.2) is 36.4 Å². The van der Waals surface area contributed by atoms with E-state index in [2.05, 4.69) is 10.6 Å². The van der Waals surface area contributed by atoms with Gasteiger partial charge in [0.2, 0.25) is 11.8 Å². The van der Waals surface area contributed by atoms with Crippen molar-refractivity contribution in [2.45, 2.75) is 20.8 Å². The molecule has 0 fully saturated rings. The molecule has 30 heavy (non-hydrogen) atoms. The van der Waals surface area contributed by atoms with Crippen LogP contribution in [0, 0.1) is 20.8 Å². The molecule has 0 aliphatic rings. The first kappa shape index (κ1) is 23.1. The molecule has 0 heterocycles. The summed E-state index contributed by atoms with van der Waals surface area (Å²) < 4.78 is 0. The highest BCUT2D eigenvalue weighted by Crippen LogP contribution is 2.21. The summed E-state index contributed by atoms with van der Waals surface area (Å²) in [4.78, 5) is 39.7. The van der Waals surface area contributed by atoms with E-state index in [1.54, 1.807) is 50.3 Å². The lowest BCUT2D eigenvalue weighted by molar-refractivity contribution is -0.119. The highest BCUT2D eigenvalue weighted by Gasteiger charge is 2.14. The molecule has 3 amide bonds. The Labute approximate surface area is 178 Å². The van der Waals surface area contributed by atoms with Crippen molar-refractivity contribution < 1.29 is 14.4 Å². The number of amides is 3. The van der Waals surface area contributed by atoms with Gasteiger partial charge in [-0.25, -0.2) is 0 Å². The van der Waals surface area contributed by atoms with Gasteiger partial charge in [0.15, 0.2) is 0 Å². The van der Waals surface area contributed by atoms with Crippen LogP contribution in [0.1, 0.15) is 27.0 Å². The topological polar surface area (TPSA) is 81.8 Å². The fraction of sp³-hybridized carbons (Fsp3) is 0.348. The summed E-state index contributed by atoms with van der Waals surface area (Å²) >= 11 is 0. The van der Waals surface area contributed by atoms with Crippen LogP contribution in [0.3, 0.4) is 0 Å². The van der Waals surface area contributed by atoms with Crippen molar-refractivity contribution in [3.05, 3.63) is 58.7 Å². The van der Waals surface area contributed by atoms with Crippen LogP contribution in [0.25, 0.3) is 0 Å². The van der Waals surface area contributed by atoms with E-state index in [0.29, 0.717) is 11.3 Å². The summed E-state index contributed by atoms with van der Waals surface area (Å²) in [5.74, 6) is -0.510. The molecule has 7 nitrogen and oxygen atoms in total. The molecule has 0 radical (unpaired) electrons. The number of anilines is 2. The number of nitrogens with one attached hydrogen (secondary N) is 2. The Hall–Kier alpha value is -3.19. The molecular formula is C23H30N4O3. The van der Waals surface area contributed by atoms with Crippen molar-refractivity contribution in [2.24, 2.45) is 0 Å². The lowest BCUT2D eigenvalue weighted by Crippen LogP contribution is -2.36. The Bertz CT molecular complexity index is 913. The van der Waals surface area contributed by atoms with Crippen LogP contribution in [-0.2, 0) is 9.59 Å². The van der Waals surface area contributed by atoms with Crippen LogP contribution >= 0.6 is 0 Å². The number of rotatable bonds is 7. The summed E-state index contributed by atoms with van der Waals surface area (Å²) in [6.07, 6.45) is 0. The molecule has 2 aromatic rings. The van der Waals surface area contributed by atoms with Gasteiger partial charge in [-0.15, -0.1) is 0 Å². The third-order valence-corrected chi connectivity index (χ3v) is 4.59. The fourth-order valence-corrected chi connectivity index (χ4v) is 3.26. The van der Waals surface area contributed by atoms with E-state index in [4.69, 9.17) is 0 Å². The molecule has 2 rings (SSSR count). The molecule has 0 atom stereocenters. The molecule has 2 N–H and O–H groups in total. The molecule has 0 aliphatic carbocycles. The van der Waals surface area contributed by atoms with Crippen molar-refractivity contribution in [2.75, 3.05) is 44.9 Å². The van der Waals surface area contributed by atoms with E-state index in [9.17, 15) is 14.4 Å². The second kappa shape index (κ2) is 10.0. The minimum Gasteiger partial charge on any atom is -0.345 e. The van der Waals surface area contributed by atoms with E-state index in [1.807, 2.05) is 32.9 Å². The van der Waals surface area contributed by atoms with Crippen molar-refractivity contribution >= 4 is 29.1 Å². The van der Waals surface area contributed by atoms with Crippen LogP contribution in [-0.4, -0.2) is 61.8 Å². The first-order valence-electron chi connectivity index (χ1n) is 9.74. The summed E-state index contributed by atoms with van der Waals surface area (Å²) in [5, 5.41) is 5.72. The third kappa shape index (κ3) is 6.42. The maximum atomic E-state index is 12.4. The number of nitrogens with zero attached hydrogens (tertiary/aromatic N) is 2. The Morgan fingerprint density at radius 3 is 1.80 bits per heavy atom. The van der Waals surface area contributed by atoms with Gasteiger partial charge in [-0.3, -0.25) is 19.3 Å². The van der Waals surface area contributed by atoms with Gasteiger partial charge in [-0.1, -0.05) is 17.7 Å². The predicted molar refractivity (Wildman–Crippen MR) is 120 cm³/mol. The van der Waals surface area contributed by atoms with Gasteiger partial charge >= 0.3 is 0 Å². The zero-order valence-electron chi connectivity index (χ0n) is 18.5. The van der Waals surface area contributed by atoms with Gasteiger partial charge in [-0.2, -0.15) is 0 Å². The Morgan fingerprint density at radius 1 is 0.800 bits per heavy atom. The zero-order valence-corrected chi connectivity index (χ0v) is 18.5. The van der Waals surface area contributed by atoms with E-state index in [-0.39, 0.29) is 30.8 Å². The first-order chi connectivity index (χ1) is 14.1.